The first-order valence-electron chi connectivity index (χ1n) is 11.3. The van der Waals surface area contributed by atoms with Crippen LogP contribution in [0.5, 0.6) is 5.75 Å². The van der Waals surface area contributed by atoms with Crippen LogP contribution in [0.3, 0.4) is 0 Å². The summed E-state index contributed by atoms with van der Waals surface area (Å²) >= 11 is 0. The smallest absolute Gasteiger partial charge is 0.269 e. The number of hydrogen-bond acceptors (Lipinski definition) is 5. The van der Waals surface area contributed by atoms with Crippen LogP contribution in [-0.4, -0.2) is 38.8 Å². The summed E-state index contributed by atoms with van der Waals surface area (Å²) in [7, 11) is 0. The highest BCUT2D eigenvalue weighted by atomic mass is 16.5. The Bertz CT molecular complexity index is 1470. The van der Waals surface area contributed by atoms with E-state index in [0.29, 0.717) is 35.9 Å². The number of anilines is 1. The van der Waals surface area contributed by atoms with Gasteiger partial charge in [-0.25, -0.2) is 9.97 Å². The van der Waals surface area contributed by atoms with Gasteiger partial charge >= 0.3 is 0 Å². The molecule has 1 atom stereocenters. The third kappa shape index (κ3) is 3.22. The molecule has 0 aliphatic carbocycles. The Morgan fingerprint density at radius 3 is 2.88 bits per heavy atom. The Labute approximate surface area is 196 Å². The molecule has 8 heteroatoms. The summed E-state index contributed by atoms with van der Waals surface area (Å²) in [4.78, 5) is 36.7. The van der Waals surface area contributed by atoms with Crippen LogP contribution in [0.25, 0.3) is 16.9 Å². The predicted molar refractivity (Wildman–Crippen MR) is 127 cm³/mol. The van der Waals surface area contributed by atoms with Crippen molar-refractivity contribution in [3.63, 3.8) is 0 Å². The molecular weight excluding hydrogens is 430 g/mol. The first-order chi connectivity index (χ1) is 16.5. The molecule has 34 heavy (non-hydrogen) atoms. The molecule has 2 aliphatic rings. The lowest BCUT2D eigenvalue weighted by molar-refractivity contribution is -0.125. The fraction of sp³-hybridized carbons (Fsp3) is 0.231. The molecule has 6 rings (SSSR count). The minimum absolute atomic E-state index is 0.0712. The quantitative estimate of drug-likeness (QED) is 0.514. The minimum atomic E-state index is -0.618. The van der Waals surface area contributed by atoms with Crippen LogP contribution < -0.4 is 15.0 Å². The van der Waals surface area contributed by atoms with E-state index in [2.05, 4.69) is 10.3 Å². The second-order valence-electron chi connectivity index (χ2n) is 8.65. The third-order valence-electron chi connectivity index (χ3n) is 6.48. The number of nitrogens with one attached hydrogen (secondary N) is 1. The zero-order valence-corrected chi connectivity index (χ0v) is 18.9. The average molecular weight is 454 g/mol. The van der Waals surface area contributed by atoms with Gasteiger partial charge in [0.2, 0.25) is 0 Å². The molecule has 0 fully saturated rings. The summed E-state index contributed by atoms with van der Waals surface area (Å²) in [5.74, 6) is 0.788. The lowest BCUT2D eigenvalue weighted by Gasteiger charge is -2.32. The molecule has 0 bridgehead atoms. The van der Waals surface area contributed by atoms with Crippen molar-refractivity contribution in [3.8, 4) is 17.0 Å². The minimum Gasteiger partial charge on any atom is -0.477 e. The van der Waals surface area contributed by atoms with Gasteiger partial charge in [-0.2, -0.15) is 0 Å². The number of fused-ring (bicyclic) bond motifs is 3. The number of hydrogen-bond donors (Lipinski definition) is 1. The summed E-state index contributed by atoms with van der Waals surface area (Å²) in [6.07, 6.45) is 2.14. The van der Waals surface area contributed by atoms with Gasteiger partial charge in [-0.1, -0.05) is 18.2 Å². The Morgan fingerprint density at radius 1 is 1.12 bits per heavy atom. The SMILES string of the molecule is Cc1nc2ccccn2c1CN1C(=O)C(C)Oc2ccc(-c3ccc4c(c3)C(=O)NCC4)nc21. The van der Waals surface area contributed by atoms with Crippen LogP contribution in [0.2, 0.25) is 0 Å². The highest BCUT2D eigenvalue weighted by molar-refractivity contribution is 5.99. The van der Waals surface area contributed by atoms with Crippen molar-refractivity contribution in [3.05, 3.63) is 77.2 Å². The Morgan fingerprint density at radius 2 is 2.00 bits per heavy atom. The van der Waals surface area contributed by atoms with E-state index in [-0.39, 0.29) is 11.8 Å². The Hall–Kier alpha value is -4.20. The summed E-state index contributed by atoms with van der Waals surface area (Å²) in [6.45, 7) is 4.66. The molecule has 170 valence electrons. The summed E-state index contributed by atoms with van der Waals surface area (Å²) in [5.41, 5.74) is 5.79. The number of aryl methyl sites for hydroxylation is 1. The molecule has 5 heterocycles. The summed E-state index contributed by atoms with van der Waals surface area (Å²) in [6, 6.07) is 15.3. The number of pyridine rings is 2. The number of imidazole rings is 1. The molecule has 0 saturated heterocycles. The van der Waals surface area contributed by atoms with E-state index >= 15 is 0 Å². The van der Waals surface area contributed by atoms with E-state index in [4.69, 9.17) is 9.72 Å². The molecule has 4 aromatic rings. The monoisotopic (exact) mass is 453 g/mol. The fourth-order valence-corrected chi connectivity index (χ4v) is 4.67. The number of carbonyl (C=O) groups is 2. The number of ether oxygens (including phenoxy) is 1. The van der Waals surface area contributed by atoms with Crippen molar-refractivity contribution >= 4 is 23.3 Å². The number of benzene rings is 1. The van der Waals surface area contributed by atoms with E-state index in [9.17, 15) is 9.59 Å². The molecule has 0 saturated carbocycles. The normalized spacial score (nSPS) is 17.2. The van der Waals surface area contributed by atoms with E-state index in [1.54, 1.807) is 11.8 Å². The lowest BCUT2D eigenvalue weighted by atomic mass is 9.96. The van der Waals surface area contributed by atoms with Gasteiger partial charge in [-0.3, -0.25) is 14.5 Å². The number of amides is 2. The number of carbonyl (C=O) groups excluding carboxylic acids is 2. The maximum atomic E-state index is 13.2. The van der Waals surface area contributed by atoms with Crippen LogP contribution in [0.4, 0.5) is 5.82 Å². The third-order valence-corrected chi connectivity index (χ3v) is 6.48. The van der Waals surface area contributed by atoms with E-state index in [1.807, 2.05) is 66.1 Å². The zero-order valence-electron chi connectivity index (χ0n) is 18.9. The first kappa shape index (κ1) is 20.4. The van der Waals surface area contributed by atoms with Crippen molar-refractivity contribution in [1.82, 2.24) is 19.7 Å². The molecule has 1 N–H and O–H groups in total. The molecule has 0 radical (unpaired) electrons. The van der Waals surface area contributed by atoms with Gasteiger partial charge in [0.1, 0.15) is 5.65 Å². The van der Waals surface area contributed by atoms with Gasteiger partial charge in [-0.15, -0.1) is 0 Å². The van der Waals surface area contributed by atoms with Crippen LogP contribution in [-0.2, 0) is 17.8 Å². The molecule has 0 spiro atoms. The molecule has 2 aliphatic heterocycles. The molecule has 1 aromatic carbocycles. The van der Waals surface area contributed by atoms with Crippen molar-refractivity contribution in [1.29, 1.82) is 0 Å². The van der Waals surface area contributed by atoms with E-state index in [0.717, 1.165) is 34.6 Å². The number of rotatable bonds is 3. The van der Waals surface area contributed by atoms with Gasteiger partial charge in [-0.05, 0) is 56.2 Å². The fourth-order valence-electron chi connectivity index (χ4n) is 4.67. The predicted octanol–water partition coefficient (Wildman–Crippen LogP) is 3.30. The van der Waals surface area contributed by atoms with E-state index in [1.165, 1.54) is 0 Å². The highest BCUT2D eigenvalue weighted by Gasteiger charge is 2.34. The maximum absolute atomic E-state index is 13.2. The molecular formula is C26H23N5O3. The van der Waals surface area contributed by atoms with Crippen molar-refractivity contribution in [2.75, 3.05) is 11.4 Å². The summed E-state index contributed by atoms with van der Waals surface area (Å²) < 4.78 is 7.86. The Kier molecular flexibility index (Phi) is 4.62. The van der Waals surface area contributed by atoms with Crippen molar-refractivity contribution < 1.29 is 14.3 Å². The first-order valence-corrected chi connectivity index (χ1v) is 11.3. The largest absolute Gasteiger partial charge is 0.477 e. The molecule has 2 amide bonds. The van der Waals surface area contributed by atoms with Crippen LogP contribution >= 0.6 is 0 Å². The summed E-state index contributed by atoms with van der Waals surface area (Å²) in [5, 5.41) is 2.89. The Balaban J connectivity index is 1.43. The van der Waals surface area contributed by atoms with Gasteiger partial charge in [0.15, 0.2) is 17.7 Å². The lowest BCUT2D eigenvalue weighted by Crippen LogP contribution is -2.44. The second kappa shape index (κ2) is 7.69. The van der Waals surface area contributed by atoms with Crippen molar-refractivity contribution in [2.24, 2.45) is 0 Å². The number of nitrogens with zero attached hydrogens (tertiary/aromatic N) is 4. The topological polar surface area (TPSA) is 88.8 Å². The molecule has 8 nitrogen and oxygen atoms in total. The highest BCUT2D eigenvalue weighted by Crippen LogP contribution is 2.36. The number of aromatic nitrogens is 3. The second-order valence-corrected chi connectivity index (χ2v) is 8.65. The maximum Gasteiger partial charge on any atom is 0.269 e. The molecule has 1 unspecified atom stereocenters. The van der Waals surface area contributed by atoms with Gasteiger partial charge < -0.3 is 14.5 Å². The van der Waals surface area contributed by atoms with Gasteiger partial charge in [0.05, 0.1) is 23.6 Å². The molecule has 3 aromatic heterocycles. The van der Waals surface area contributed by atoms with Crippen LogP contribution in [0.15, 0.2) is 54.7 Å². The van der Waals surface area contributed by atoms with E-state index < -0.39 is 6.10 Å². The standard InChI is InChI=1S/C26H23N5O3/c1-15-21(30-12-4-3-5-23(30)28-15)14-31-24-22(34-16(2)26(31)33)9-8-20(29-24)18-7-6-17-10-11-27-25(32)19(17)13-18/h3-9,12-13,16H,10-11,14H2,1-2H3,(H,27,32). The van der Waals surface area contributed by atoms with Gasteiger partial charge in [0, 0.05) is 23.9 Å². The van der Waals surface area contributed by atoms with Crippen LogP contribution in [0.1, 0.15) is 34.2 Å². The average Bonchev–Trinajstić information content (AvgIpc) is 3.16. The zero-order chi connectivity index (χ0) is 23.4. The van der Waals surface area contributed by atoms with Gasteiger partial charge in [0.25, 0.3) is 11.8 Å². The van der Waals surface area contributed by atoms with Crippen molar-refractivity contribution in [2.45, 2.75) is 32.9 Å². The van der Waals surface area contributed by atoms with Crippen LogP contribution in [0, 0.1) is 6.92 Å².